The highest BCUT2D eigenvalue weighted by Gasteiger charge is 2.32. The maximum atomic E-state index is 12.9. The lowest BCUT2D eigenvalue weighted by Crippen LogP contribution is -2.36. The molecule has 0 aliphatic carbocycles. The molecule has 3 rings (SSSR count). The Balaban J connectivity index is 1.70. The molecule has 0 amide bonds. The monoisotopic (exact) mass is 511 g/mol. The zero-order valence-electron chi connectivity index (χ0n) is 18.3. The highest BCUT2D eigenvalue weighted by atomic mass is 35.5. The smallest absolute Gasteiger partial charge is 0.416 e. The van der Waals surface area contributed by atoms with Crippen LogP contribution in [0.2, 0.25) is 5.02 Å². The molecule has 4 nitrogen and oxygen atoms in total. The van der Waals surface area contributed by atoms with Crippen molar-refractivity contribution in [2.45, 2.75) is 31.6 Å². The summed E-state index contributed by atoms with van der Waals surface area (Å²) in [6.45, 7) is 3.52. The van der Waals surface area contributed by atoms with Gasteiger partial charge >= 0.3 is 12.1 Å². The normalized spacial score (nSPS) is 13.3. The van der Waals surface area contributed by atoms with E-state index in [-0.39, 0.29) is 16.6 Å². The van der Waals surface area contributed by atoms with E-state index in [4.69, 9.17) is 32.7 Å². The van der Waals surface area contributed by atoms with Crippen LogP contribution in [0.5, 0.6) is 11.5 Å². The fourth-order valence-corrected chi connectivity index (χ4v) is 3.52. The highest BCUT2D eigenvalue weighted by Crippen LogP contribution is 2.35. The van der Waals surface area contributed by atoms with Crippen LogP contribution in [0.1, 0.15) is 30.5 Å². The molecule has 0 aliphatic rings. The molecular weight excluding hydrogens is 490 g/mol. The summed E-state index contributed by atoms with van der Waals surface area (Å²) in [5.41, 5.74) is -1.32. The third-order valence-corrected chi connectivity index (χ3v) is 5.50. The molecule has 9 heteroatoms. The molecule has 0 saturated carbocycles. The van der Waals surface area contributed by atoms with Crippen molar-refractivity contribution in [1.29, 1.82) is 0 Å². The maximum Gasteiger partial charge on any atom is 0.416 e. The number of hydrogen-bond acceptors (Lipinski definition) is 4. The van der Waals surface area contributed by atoms with Gasteiger partial charge < -0.3 is 14.8 Å². The van der Waals surface area contributed by atoms with Crippen molar-refractivity contribution in [3.05, 3.63) is 88.9 Å². The molecule has 34 heavy (non-hydrogen) atoms. The summed E-state index contributed by atoms with van der Waals surface area (Å²) >= 11 is 12.4. The Kier molecular flexibility index (Phi) is 8.33. The van der Waals surface area contributed by atoms with Crippen molar-refractivity contribution in [3.8, 4) is 11.5 Å². The zero-order valence-corrected chi connectivity index (χ0v) is 19.8. The van der Waals surface area contributed by atoms with E-state index in [1.165, 1.54) is 6.07 Å². The van der Waals surface area contributed by atoms with Crippen LogP contribution in [0.25, 0.3) is 0 Å². The first-order valence-corrected chi connectivity index (χ1v) is 11.2. The average Bonchev–Trinajstić information content (AvgIpc) is 2.78. The molecule has 1 N–H and O–H groups in total. The van der Waals surface area contributed by atoms with Gasteiger partial charge in [0.25, 0.3) is 0 Å². The van der Waals surface area contributed by atoms with Gasteiger partial charge in [0.1, 0.15) is 17.5 Å². The molecule has 0 heterocycles. The predicted octanol–water partition coefficient (Wildman–Crippen LogP) is 8.07. The Morgan fingerprint density at radius 2 is 1.62 bits per heavy atom. The van der Waals surface area contributed by atoms with Gasteiger partial charge in [-0.25, -0.2) is 4.79 Å². The van der Waals surface area contributed by atoms with Crippen LogP contribution in [0, 0.1) is 5.92 Å². The minimum absolute atomic E-state index is 0.165. The van der Waals surface area contributed by atoms with Crippen LogP contribution in [0.4, 0.5) is 18.9 Å². The second kappa shape index (κ2) is 11.0. The third-order valence-electron chi connectivity index (χ3n) is 4.85. The topological polar surface area (TPSA) is 47.6 Å². The van der Waals surface area contributed by atoms with Crippen molar-refractivity contribution in [3.63, 3.8) is 0 Å². The first-order chi connectivity index (χ1) is 16.0. The Labute approximate surface area is 205 Å². The predicted molar refractivity (Wildman–Crippen MR) is 126 cm³/mol. The van der Waals surface area contributed by atoms with Crippen molar-refractivity contribution in [1.82, 2.24) is 0 Å². The molecule has 2 atom stereocenters. The molecule has 2 unspecified atom stereocenters. The van der Waals surface area contributed by atoms with E-state index < -0.39 is 29.3 Å². The van der Waals surface area contributed by atoms with Gasteiger partial charge in [0.15, 0.2) is 0 Å². The van der Waals surface area contributed by atoms with Gasteiger partial charge in [-0.15, -0.1) is 0 Å². The first kappa shape index (κ1) is 25.7. The van der Waals surface area contributed by atoms with Gasteiger partial charge in [-0.05, 0) is 48.4 Å². The largest absolute Gasteiger partial charge is 0.457 e. The number of benzene rings is 3. The summed E-state index contributed by atoms with van der Waals surface area (Å²) in [7, 11) is 0. The number of rotatable bonds is 8. The highest BCUT2D eigenvalue weighted by molar-refractivity contribution is 6.33. The fourth-order valence-electron chi connectivity index (χ4n) is 3.06. The Hall–Kier alpha value is -2.90. The molecule has 0 aromatic heterocycles. The van der Waals surface area contributed by atoms with Crippen LogP contribution in [0.15, 0.2) is 72.8 Å². The lowest BCUT2D eigenvalue weighted by atomic mass is 10.0. The average molecular weight is 512 g/mol. The van der Waals surface area contributed by atoms with E-state index in [1.54, 1.807) is 50.2 Å². The second-order valence-corrected chi connectivity index (χ2v) is 8.60. The fraction of sp³-hybridized carbons (Fsp3) is 0.240. The SMILES string of the molecule is CC(C)C(Nc1ccc(C(F)(F)F)cc1Cl)C(=O)OC(Cl)c1cccc(Oc2ccccc2)c1. The number of alkyl halides is 4. The van der Waals surface area contributed by atoms with Crippen LogP contribution in [-0.2, 0) is 15.7 Å². The number of esters is 1. The number of carbonyl (C=O) groups excluding carboxylic acids is 1. The zero-order chi connectivity index (χ0) is 24.9. The molecule has 3 aromatic rings. The molecule has 0 aliphatic heterocycles. The number of nitrogens with one attached hydrogen (secondary N) is 1. The van der Waals surface area contributed by atoms with Crippen molar-refractivity contribution in [2.24, 2.45) is 5.92 Å². The van der Waals surface area contributed by atoms with Crippen molar-refractivity contribution < 1.29 is 27.4 Å². The van der Waals surface area contributed by atoms with E-state index in [0.29, 0.717) is 17.1 Å². The van der Waals surface area contributed by atoms with E-state index in [2.05, 4.69) is 5.32 Å². The minimum atomic E-state index is -4.52. The van der Waals surface area contributed by atoms with Gasteiger partial charge in [0.2, 0.25) is 5.56 Å². The number of anilines is 1. The van der Waals surface area contributed by atoms with E-state index in [0.717, 1.165) is 12.1 Å². The van der Waals surface area contributed by atoms with Gasteiger partial charge in [-0.2, -0.15) is 13.2 Å². The summed E-state index contributed by atoms with van der Waals surface area (Å²) in [4.78, 5) is 12.9. The third kappa shape index (κ3) is 6.81. The summed E-state index contributed by atoms with van der Waals surface area (Å²) in [5, 5.41) is 2.70. The maximum absolute atomic E-state index is 12.9. The van der Waals surface area contributed by atoms with E-state index in [9.17, 15) is 18.0 Å². The number of para-hydroxylation sites is 1. The number of halogens is 5. The number of carbonyl (C=O) groups is 1. The lowest BCUT2D eigenvalue weighted by molar-refractivity contribution is -0.147. The van der Waals surface area contributed by atoms with Crippen LogP contribution >= 0.6 is 23.2 Å². The van der Waals surface area contributed by atoms with E-state index >= 15 is 0 Å². The van der Waals surface area contributed by atoms with E-state index in [1.807, 2.05) is 18.2 Å². The van der Waals surface area contributed by atoms with Crippen LogP contribution < -0.4 is 10.1 Å². The van der Waals surface area contributed by atoms with Gasteiger partial charge in [-0.3, -0.25) is 0 Å². The quantitative estimate of drug-likeness (QED) is 0.245. The summed E-state index contributed by atoms with van der Waals surface area (Å²) in [6, 6.07) is 17.9. The molecule has 180 valence electrons. The van der Waals surface area contributed by atoms with Crippen LogP contribution in [-0.4, -0.2) is 12.0 Å². The minimum Gasteiger partial charge on any atom is -0.457 e. The van der Waals surface area contributed by atoms with Gasteiger partial charge in [-0.1, -0.05) is 67.4 Å². The second-order valence-electron chi connectivity index (χ2n) is 7.80. The van der Waals surface area contributed by atoms with Crippen LogP contribution in [0.3, 0.4) is 0 Å². The van der Waals surface area contributed by atoms with Gasteiger partial charge in [0.05, 0.1) is 16.3 Å². The van der Waals surface area contributed by atoms with Gasteiger partial charge in [0, 0.05) is 5.56 Å². The Morgan fingerprint density at radius 1 is 0.941 bits per heavy atom. The molecule has 3 aromatic carbocycles. The van der Waals surface area contributed by atoms with Crippen molar-refractivity contribution >= 4 is 34.9 Å². The number of hydrogen-bond donors (Lipinski definition) is 1. The molecule has 0 saturated heterocycles. The lowest BCUT2D eigenvalue weighted by Gasteiger charge is -2.24. The summed E-state index contributed by atoms with van der Waals surface area (Å²) < 4.78 is 49.9. The molecule has 0 fully saturated rings. The molecular formula is C25H22Cl2F3NO3. The summed E-state index contributed by atoms with van der Waals surface area (Å²) in [6.07, 6.45) is -4.52. The first-order valence-electron chi connectivity index (χ1n) is 10.4. The molecule has 0 spiro atoms. The molecule has 0 bridgehead atoms. The Morgan fingerprint density at radius 3 is 2.24 bits per heavy atom. The standard InChI is InChI=1S/C25H22Cl2F3NO3/c1-15(2)22(31-21-12-11-17(14-20(21)26)25(28,29)30)24(32)34-23(27)16-7-6-10-19(13-16)33-18-8-4-3-5-9-18/h3-15,22-23,31H,1-2H3. The molecule has 0 radical (unpaired) electrons. The Bertz CT molecular complexity index is 1120. The number of ether oxygens (including phenoxy) is 2. The summed E-state index contributed by atoms with van der Waals surface area (Å²) in [5.74, 6) is 0.198. The van der Waals surface area contributed by atoms with Crippen molar-refractivity contribution in [2.75, 3.05) is 5.32 Å².